The molecule has 20 heavy (non-hydrogen) atoms. The van der Waals surface area contributed by atoms with Crippen molar-refractivity contribution in [2.24, 2.45) is 12.9 Å². The van der Waals surface area contributed by atoms with Gasteiger partial charge in [-0.3, -0.25) is 16.0 Å². The van der Waals surface area contributed by atoms with Gasteiger partial charge in [0.05, 0.1) is 17.4 Å². The third-order valence-corrected chi connectivity index (χ3v) is 3.81. The number of hydrogen-bond donors (Lipinski definition) is 2. The van der Waals surface area contributed by atoms with Crippen LogP contribution in [0.4, 0.5) is 4.39 Å². The van der Waals surface area contributed by atoms with Crippen LogP contribution in [0.25, 0.3) is 0 Å². The van der Waals surface area contributed by atoms with Crippen molar-refractivity contribution >= 4 is 15.9 Å². The lowest BCUT2D eigenvalue weighted by molar-refractivity contribution is 0.495. The fourth-order valence-electron chi connectivity index (χ4n) is 2.21. The van der Waals surface area contributed by atoms with Crippen molar-refractivity contribution in [1.82, 2.24) is 15.2 Å². The summed E-state index contributed by atoms with van der Waals surface area (Å²) < 4.78 is 16.5. The standard InChI is InChI=1S/C14H18BrFN4/c1-3-11-8-14(20(2)19-11)13(18-17)7-9-6-10(15)4-5-12(9)16/h4-6,8,13,18H,3,7,17H2,1-2H3. The Morgan fingerprint density at radius 1 is 1.45 bits per heavy atom. The van der Waals surface area contributed by atoms with Gasteiger partial charge in [-0.2, -0.15) is 5.10 Å². The summed E-state index contributed by atoms with van der Waals surface area (Å²) in [5, 5.41) is 4.40. The molecule has 0 aliphatic heterocycles. The highest BCUT2D eigenvalue weighted by Gasteiger charge is 2.18. The van der Waals surface area contributed by atoms with E-state index in [0.29, 0.717) is 12.0 Å². The van der Waals surface area contributed by atoms with Gasteiger partial charge in [0.25, 0.3) is 0 Å². The van der Waals surface area contributed by atoms with Crippen molar-refractivity contribution < 1.29 is 4.39 Å². The highest BCUT2D eigenvalue weighted by Crippen LogP contribution is 2.23. The Labute approximate surface area is 126 Å². The molecule has 1 unspecified atom stereocenters. The number of nitrogens with one attached hydrogen (secondary N) is 1. The second-order valence-electron chi connectivity index (χ2n) is 4.70. The average molecular weight is 341 g/mol. The molecule has 6 heteroatoms. The Bertz CT molecular complexity index is 597. The molecular formula is C14H18BrFN4. The minimum atomic E-state index is -0.230. The molecular weight excluding hydrogens is 323 g/mol. The van der Waals surface area contributed by atoms with E-state index in [4.69, 9.17) is 5.84 Å². The third-order valence-electron chi connectivity index (χ3n) is 3.32. The second kappa shape index (κ2) is 6.47. The molecule has 1 atom stereocenters. The Hall–Kier alpha value is -1.24. The Morgan fingerprint density at radius 3 is 2.80 bits per heavy atom. The van der Waals surface area contributed by atoms with Gasteiger partial charge in [-0.05, 0) is 42.7 Å². The van der Waals surface area contributed by atoms with Crippen molar-refractivity contribution in [2.45, 2.75) is 25.8 Å². The summed E-state index contributed by atoms with van der Waals surface area (Å²) in [6, 6.07) is 6.73. The maximum Gasteiger partial charge on any atom is 0.126 e. The van der Waals surface area contributed by atoms with Crippen LogP contribution in [0.5, 0.6) is 0 Å². The number of nitrogens with two attached hydrogens (primary N) is 1. The molecule has 4 nitrogen and oxygen atoms in total. The molecule has 2 aromatic rings. The van der Waals surface area contributed by atoms with E-state index in [9.17, 15) is 4.39 Å². The predicted molar refractivity (Wildman–Crippen MR) is 80.5 cm³/mol. The molecule has 1 aromatic heterocycles. The van der Waals surface area contributed by atoms with E-state index in [2.05, 4.69) is 26.5 Å². The largest absolute Gasteiger partial charge is 0.271 e. The molecule has 0 amide bonds. The molecule has 1 heterocycles. The first kappa shape index (κ1) is 15.2. The normalized spacial score (nSPS) is 12.7. The van der Waals surface area contributed by atoms with Crippen LogP contribution in [0.15, 0.2) is 28.7 Å². The van der Waals surface area contributed by atoms with E-state index in [1.165, 1.54) is 6.07 Å². The van der Waals surface area contributed by atoms with E-state index >= 15 is 0 Å². The molecule has 0 saturated carbocycles. The second-order valence-corrected chi connectivity index (χ2v) is 5.61. The molecule has 2 rings (SSSR count). The van der Waals surface area contributed by atoms with Gasteiger partial charge >= 0.3 is 0 Å². The minimum Gasteiger partial charge on any atom is -0.271 e. The molecule has 0 bridgehead atoms. The van der Waals surface area contributed by atoms with Crippen LogP contribution in [-0.4, -0.2) is 9.78 Å². The molecule has 0 aliphatic carbocycles. The van der Waals surface area contributed by atoms with Gasteiger partial charge in [-0.15, -0.1) is 0 Å². The minimum absolute atomic E-state index is 0.184. The zero-order chi connectivity index (χ0) is 14.7. The van der Waals surface area contributed by atoms with Gasteiger partial charge in [0.2, 0.25) is 0 Å². The summed E-state index contributed by atoms with van der Waals surface area (Å²) in [5.74, 6) is 5.40. The third kappa shape index (κ3) is 3.26. The summed E-state index contributed by atoms with van der Waals surface area (Å²) in [5.41, 5.74) is 5.31. The zero-order valence-electron chi connectivity index (χ0n) is 11.5. The van der Waals surface area contributed by atoms with Gasteiger partial charge in [0.1, 0.15) is 5.82 Å². The van der Waals surface area contributed by atoms with Crippen LogP contribution in [-0.2, 0) is 19.9 Å². The monoisotopic (exact) mass is 340 g/mol. The SMILES string of the molecule is CCc1cc(C(Cc2cc(Br)ccc2F)NN)n(C)n1. The smallest absolute Gasteiger partial charge is 0.126 e. The van der Waals surface area contributed by atoms with E-state index in [0.717, 1.165) is 22.3 Å². The van der Waals surface area contributed by atoms with Crippen molar-refractivity contribution in [3.05, 3.63) is 51.5 Å². The summed E-state index contributed by atoms with van der Waals surface area (Å²) in [4.78, 5) is 0. The summed E-state index contributed by atoms with van der Waals surface area (Å²) in [6.07, 6.45) is 1.32. The maximum atomic E-state index is 13.8. The van der Waals surface area contributed by atoms with E-state index in [-0.39, 0.29) is 11.9 Å². The maximum absolute atomic E-state index is 13.8. The van der Waals surface area contributed by atoms with Crippen LogP contribution in [0, 0.1) is 5.82 Å². The summed E-state index contributed by atoms with van der Waals surface area (Å²) in [7, 11) is 1.87. The molecule has 0 aliphatic rings. The zero-order valence-corrected chi connectivity index (χ0v) is 13.1. The first-order chi connectivity index (χ1) is 9.55. The number of aromatic nitrogens is 2. The number of nitrogens with zero attached hydrogens (tertiary/aromatic N) is 2. The lowest BCUT2D eigenvalue weighted by Gasteiger charge is -2.16. The van der Waals surface area contributed by atoms with Crippen LogP contribution in [0.1, 0.15) is 29.9 Å². The van der Waals surface area contributed by atoms with Gasteiger partial charge in [-0.25, -0.2) is 4.39 Å². The first-order valence-electron chi connectivity index (χ1n) is 6.48. The Balaban J connectivity index is 2.28. The highest BCUT2D eigenvalue weighted by molar-refractivity contribution is 9.10. The number of hydrogen-bond acceptors (Lipinski definition) is 3. The lowest BCUT2D eigenvalue weighted by atomic mass is 10.0. The molecule has 0 spiro atoms. The molecule has 3 N–H and O–H groups in total. The number of hydrazine groups is 1. The van der Waals surface area contributed by atoms with Crippen LogP contribution in [0.2, 0.25) is 0 Å². The summed E-state index contributed by atoms with van der Waals surface area (Å²) >= 11 is 3.36. The van der Waals surface area contributed by atoms with Crippen molar-refractivity contribution in [2.75, 3.05) is 0 Å². The van der Waals surface area contributed by atoms with E-state index < -0.39 is 0 Å². The first-order valence-corrected chi connectivity index (χ1v) is 7.27. The highest BCUT2D eigenvalue weighted by atomic mass is 79.9. The molecule has 0 saturated heterocycles. The number of rotatable bonds is 5. The van der Waals surface area contributed by atoms with Crippen LogP contribution in [0.3, 0.4) is 0 Å². The fourth-order valence-corrected chi connectivity index (χ4v) is 2.62. The quantitative estimate of drug-likeness (QED) is 0.649. The van der Waals surface area contributed by atoms with E-state index in [1.807, 2.05) is 20.0 Å². The van der Waals surface area contributed by atoms with Gasteiger partial charge in [-0.1, -0.05) is 22.9 Å². The van der Waals surface area contributed by atoms with Crippen LogP contribution < -0.4 is 11.3 Å². The molecule has 108 valence electrons. The average Bonchev–Trinajstić information content (AvgIpc) is 2.81. The van der Waals surface area contributed by atoms with Gasteiger partial charge in [0.15, 0.2) is 0 Å². The van der Waals surface area contributed by atoms with Gasteiger partial charge < -0.3 is 0 Å². The van der Waals surface area contributed by atoms with Gasteiger partial charge in [0, 0.05) is 11.5 Å². The van der Waals surface area contributed by atoms with Crippen molar-refractivity contribution in [3.8, 4) is 0 Å². The van der Waals surface area contributed by atoms with Crippen molar-refractivity contribution in [1.29, 1.82) is 0 Å². The fraction of sp³-hybridized carbons (Fsp3) is 0.357. The van der Waals surface area contributed by atoms with Crippen LogP contribution >= 0.6 is 15.9 Å². The predicted octanol–water partition coefficient (Wildman–Crippen LogP) is 2.63. The Morgan fingerprint density at radius 2 is 2.20 bits per heavy atom. The lowest BCUT2D eigenvalue weighted by Crippen LogP contribution is -2.31. The number of aryl methyl sites for hydroxylation is 2. The summed E-state index contributed by atoms with van der Waals surface area (Å²) in [6.45, 7) is 2.05. The molecule has 0 radical (unpaired) electrons. The number of halogens is 2. The molecule has 0 fully saturated rings. The number of benzene rings is 1. The van der Waals surface area contributed by atoms with Crippen molar-refractivity contribution in [3.63, 3.8) is 0 Å². The topological polar surface area (TPSA) is 55.9 Å². The molecule has 1 aromatic carbocycles. The Kier molecular flexibility index (Phi) is 4.91. The van der Waals surface area contributed by atoms with E-state index in [1.54, 1.807) is 16.8 Å².